The second-order valence-corrected chi connectivity index (χ2v) is 8.91. The van der Waals surface area contributed by atoms with E-state index in [2.05, 4.69) is 15.1 Å². The lowest BCUT2D eigenvalue weighted by Gasteiger charge is -2.20. The summed E-state index contributed by atoms with van der Waals surface area (Å²) in [4.78, 5) is 10.5. The van der Waals surface area contributed by atoms with Crippen LogP contribution in [0.4, 0.5) is 4.39 Å². The van der Waals surface area contributed by atoms with E-state index in [1.54, 1.807) is 6.20 Å². The number of nitrogens with zero attached hydrogens (tertiary/aromatic N) is 4. The molecule has 0 amide bonds. The Morgan fingerprint density at radius 1 is 1.21 bits per heavy atom. The van der Waals surface area contributed by atoms with Gasteiger partial charge in [0.15, 0.2) is 15.7 Å². The second kappa shape index (κ2) is 7.97. The lowest BCUT2D eigenvalue weighted by atomic mass is 10.2. The van der Waals surface area contributed by atoms with Crippen molar-refractivity contribution in [2.24, 2.45) is 0 Å². The van der Waals surface area contributed by atoms with Crippen LogP contribution in [0.5, 0.6) is 0 Å². The number of benzene rings is 1. The molecule has 29 heavy (non-hydrogen) atoms. The summed E-state index contributed by atoms with van der Waals surface area (Å²) in [5.74, 6) is -0.707. The molecule has 0 spiro atoms. The van der Waals surface area contributed by atoms with E-state index in [1.807, 2.05) is 23.1 Å². The van der Waals surface area contributed by atoms with Gasteiger partial charge in [-0.25, -0.2) is 12.8 Å². The van der Waals surface area contributed by atoms with Crippen LogP contribution in [-0.4, -0.2) is 46.2 Å². The molecular formula is C19H19FN4O4S. The molecule has 8 nitrogen and oxygen atoms in total. The van der Waals surface area contributed by atoms with Gasteiger partial charge in [-0.15, -0.1) is 0 Å². The Labute approximate surface area is 166 Å². The fourth-order valence-corrected chi connectivity index (χ4v) is 4.54. The number of aromatic nitrogens is 3. The fourth-order valence-electron chi connectivity index (χ4n) is 3.37. The number of likely N-dealkylation sites (tertiary alicyclic amines) is 1. The maximum atomic E-state index is 13.0. The van der Waals surface area contributed by atoms with E-state index in [4.69, 9.17) is 4.52 Å². The number of pyridine rings is 1. The number of β-amino-alcohol motifs (C(OH)–C–C–N with tert-alkyl or cyclic N) is 1. The number of halogens is 1. The zero-order valence-electron chi connectivity index (χ0n) is 15.3. The molecule has 0 bridgehead atoms. The predicted octanol–water partition coefficient (Wildman–Crippen LogP) is 1.89. The van der Waals surface area contributed by atoms with Crippen LogP contribution >= 0.6 is 0 Å². The van der Waals surface area contributed by atoms with Crippen molar-refractivity contribution in [3.05, 3.63) is 71.9 Å². The molecule has 1 aliphatic rings. The maximum absolute atomic E-state index is 13.0. The van der Waals surface area contributed by atoms with E-state index in [9.17, 15) is 17.9 Å². The normalized spacial score (nSPS) is 20.2. The zero-order chi connectivity index (χ0) is 20.4. The molecular weight excluding hydrogens is 399 g/mol. The number of sulfone groups is 1. The van der Waals surface area contributed by atoms with E-state index < -0.39 is 27.5 Å². The van der Waals surface area contributed by atoms with Crippen LogP contribution < -0.4 is 0 Å². The smallest absolute Gasteiger partial charge is 0.244 e. The number of aliphatic hydroxyl groups is 1. The van der Waals surface area contributed by atoms with Crippen LogP contribution in [0.25, 0.3) is 0 Å². The highest BCUT2D eigenvalue weighted by molar-refractivity contribution is 7.90. The Morgan fingerprint density at radius 3 is 2.72 bits per heavy atom. The molecule has 0 saturated carbocycles. The van der Waals surface area contributed by atoms with Gasteiger partial charge >= 0.3 is 0 Å². The summed E-state index contributed by atoms with van der Waals surface area (Å²) < 4.78 is 43.3. The van der Waals surface area contributed by atoms with Crippen molar-refractivity contribution in [3.8, 4) is 0 Å². The summed E-state index contributed by atoms with van der Waals surface area (Å²) in [6.07, 6.45) is 1.54. The summed E-state index contributed by atoms with van der Waals surface area (Å²) in [5.41, 5.74) is 0.838. The second-order valence-electron chi connectivity index (χ2n) is 6.92. The molecule has 3 aromatic rings. The van der Waals surface area contributed by atoms with Crippen molar-refractivity contribution < 1.29 is 22.4 Å². The standard InChI is InChI=1S/C19H19FN4O4S/c20-13-4-6-16(7-5-13)29(26,27)12-18-22-19(28-23-18)17-9-15(25)11-24(17)10-14-3-1-2-8-21-14/h1-8,15,17,25H,9-12H2/t15-,17+/m1/s1. The third-order valence-electron chi connectivity index (χ3n) is 4.73. The fraction of sp³-hybridized carbons (Fsp3) is 0.316. The molecule has 1 saturated heterocycles. The number of hydrogen-bond acceptors (Lipinski definition) is 8. The minimum Gasteiger partial charge on any atom is -0.392 e. The minimum absolute atomic E-state index is 0.0154. The van der Waals surface area contributed by atoms with Crippen molar-refractivity contribution in [3.63, 3.8) is 0 Å². The van der Waals surface area contributed by atoms with Gasteiger partial charge in [0, 0.05) is 19.3 Å². The first kappa shape index (κ1) is 19.6. The summed E-state index contributed by atoms with van der Waals surface area (Å²) in [7, 11) is -3.74. The largest absolute Gasteiger partial charge is 0.392 e. The SMILES string of the molecule is O=S(=O)(Cc1noc([C@@H]2C[C@@H](O)CN2Cc2ccccn2)n1)c1ccc(F)cc1. The average Bonchev–Trinajstić information content (AvgIpc) is 3.28. The molecule has 0 unspecified atom stereocenters. The van der Waals surface area contributed by atoms with Crippen molar-refractivity contribution in [1.29, 1.82) is 0 Å². The van der Waals surface area contributed by atoms with Crippen molar-refractivity contribution in [1.82, 2.24) is 20.0 Å². The highest BCUT2D eigenvalue weighted by atomic mass is 32.2. The van der Waals surface area contributed by atoms with Crippen LogP contribution in [0.15, 0.2) is 58.1 Å². The van der Waals surface area contributed by atoms with Crippen molar-refractivity contribution >= 4 is 9.84 Å². The molecule has 1 fully saturated rings. The van der Waals surface area contributed by atoms with Gasteiger partial charge in [0.25, 0.3) is 0 Å². The first-order valence-electron chi connectivity index (χ1n) is 9.03. The Bertz CT molecular complexity index is 1070. The molecule has 2 atom stereocenters. The molecule has 1 aliphatic heterocycles. The van der Waals surface area contributed by atoms with Gasteiger partial charge in [-0.3, -0.25) is 9.88 Å². The third kappa shape index (κ3) is 4.50. The molecule has 3 heterocycles. The maximum Gasteiger partial charge on any atom is 0.244 e. The molecule has 152 valence electrons. The molecule has 2 aromatic heterocycles. The highest BCUT2D eigenvalue weighted by Crippen LogP contribution is 2.32. The van der Waals surface area contributed by atoms with Crippen LogP contribution in [0, 0.1) is 5.82 Å². The van der Waals surface area contributed by atoms with Gasteiger partial charge in [0.1, 0.15) is 11.6 Å². The van der Waals surface area contributed by atoms with Gasteiger partial charge in [0.05, 0.1) is 22.7 Å². The average molecular weight is 418 g/mol. The van der Waals surface area contributed by atoms with E-state index >= 15 is 0 Å². The Morgan fingerprint density at radius 2 is 2.00 bits per heavy atom. The van der Waals surface area contributed by atoms with Crippen LogP contribution in [0.3, 0.4) is 0 Å². The minimum atomic E-state index is -3.74. The first-order chi connectivity index (χ1) is 13.9. The van der Waals surface area contributed by atoms with Crippen LogP contribution in [-0.2, 0) is 22.1 Å². The van der Waals surface area contributed by atoms with Gasteiger partial charge in [-0.1, -0.05) is 11.2 Å². The summed E-state index contributed by atoms with van der Waals surface area (Å²) >= 11 is 0. The van der Waals surface area contributed by atoms with Gasteiger partial charge in [0.2, 0.25) is 5.89 Å². The summed E-state index contributed by atoms with van der Waals surface area (Å²) in [6.45, 7) is 0.918. The van der Waals surface area contributed by atoms with E-state index in [1.165, 1.54) is 12.1 Å². The molecule has 1 aromatic carbocycles. The van der Waals surface area contributed by atoms with Crippen molar-refractivity contribution in [2.75, 3.05) is 6.54 Å². The third-order valence-corrected chi connectivity index (χ3v) is 6.36. The lowest BCUT2D eigenvalue weighted by molar-refractivity contribution is 0.168. The molecule has 1 N–H and O–H groups in total. The van der Waals surface area contributed by atoms with Gasteiger partial charge in [-0.05, 0) is 42.8 Å². The topological polar surface area (TPSA) is 109 Å². The summed E-state index contributed by atoms with van der Waals surface area (Å²) in [5, 5.41) is 13.9. The Hall–Kier alpha value is -2.69. The van der Waals surface area contributed by atoms with Gasteiger partial charge < -0.3 is 9.63 Å². The molecule has 10 heteroatoms. The molecule has 0 radical (unpaired) electrons. The van der Waals surface area contributed by atoms with E-state index in [-0.39, 0.29) is 22.7 Å². The van der Waals surface area contributed by atoms with Gasteiger partial charge in [-0.2, -0.15) is 4.98 Å². The first-order valence-corrected chi connectivity index (χ1v) is 10.7. The summed E-state index contributed by atoms with van der Waals surface area (Å²) in [6, 6.07) is 9.84. The predicted molar refractivity (Wildman–Crippen MR) is 99.6 cm³/mol. The molecule has 0 aliphatic carbocycles. The van der Waals surface area contributed by atoms with Crippen molar-refractivity contribution in [2.45, 2.75) is 35.8 Å². The number of rotatable bonds is 6. The highest BCUT2D eigenvalue weighted by Gasteiger charge is 2.36. The Kier molecular flexibility index (Phi) is 5.39. The number of hydrogen-bond donors (Lipinski definition) is 1. The molecule has 4 rings (SSSR count). The van der Waals surface area contributed by atoms with E-state index in [0.717, 1.165) is 17.8 Å². The quantitative estimate of drug-likeness (QED) is 0.605. The zero-order valence-corrected chi connectivity index (χ0v) is 16.2. The Balaban J connectivity index is 1.51. The van der Waals surface area contributed by atoms with E-state index in [0.29, 0.717) is 19.5 Å². The lowest BCUT2D eigenvalue weighted by Crippen LogP contribution is -2.25. The number of aliphatic hydroxyl groups excluding tert-OH is 1. The monoisotopic (exact) mass is 418 g/mol. The van der Waals surface area contributed by atoms with Crippen LogP contribution in [0.1, 0.15) is 29.9 Å². The van der Waals surface area contributed by atoms with Crippen LogP contribution in [0.2, 0.25) is 0 Å².